The molecule has 0 unspecified atom stereocenters. The Bertz CT molecular complexity index is 2930. The van der Waals surface area contributed by atoms with E-state index >= 15 is 0 Å². The smallest absolute Gasteiger partial charge is 0.0542 e. The maximum Gasteiger partial charge on any atom is 0.0542 e. The third-order valence-electron chi connectivity index (χ3n) is 11.7. The Labute approximate surface area is 362 Å². The molecule has 0 spiro atoms. The molecule has 0 aliphatic rings. The van der Waals surface area contributed by atoms with Crippen LogP contribution >= 0.6 is 0 Å². The van der Waals surface area contributed by atoms with Gasteiger partial charge in [-0.15, -0.1) is 0 Å². The number of hydrogen-bond donors (Lipinski definition) is 0. The first-order chi connectivity index (χ1) is 30.8. The Morgan fingerprint density at radius 2 is 0.500 bits per heavy atom. The van der Waals surface area contributed by atoms with Gasteiger partial charge in [0.1, 0.15) is 0 Å². The lowest BCUT2D eigenvalue weighted by Crippen LogP contribution is -2.09. The molecule has 0 aliphatic heterocycles. The van der Waals surface area contributed by atoms with Crippen LogP contribution in [0.15, 0.2) is 255 Å². The molecule has 0 bridgehead atoms. The predicted octanol–water partition coefficient (Wildman–Crippen LogP) is 15.8. The van der Waals surface area contributed by atoms with E-state index in [0.29, 0.717) is 0 Å². The number of benzene rings is 9. The summed E-state index contributed by atoms with van der Waals surface area (Å²) in [5, 5.41) is 2.35. The number of nitrogens with zero attached hydrogens (tertiary/aromatic N) is 4. The van der Waals surface area contributed by atoms with Gasteiger partial charge < -0.3 is 18.9 Å². The van der Waals surface area contributed by atoms with Crippen molar-refractivity contribution in [1.82, 2.24) is 9.13 Å². The minimum absolute atomic E-state index is 1.10. The molecule has 4 nitrogen and oxygen atoms in total. The summed E-state index contributed by atoms with van der Waals surface area (Å²) < 4.78 is 4.82. The van der Waals surface area contributed by atoms with Gasteiger partial charge >= 0.3 is 0 Å². The summed E-state index contributed by atoms with van der Waals surface area (Å²) in [5.41, 5.74) is 15.8. The average Bonchev–Trinajstić information content (AvgIpc) is 3.91. The quantitative estimate of drug-likeness (QED) is 0.137. The molecular weight excluding hydrogens is 753 g/mol. The highest BCUT2D eigenvalue weighted by atomic mass is 15.1. The number of aromatic nitrogens is 2. The van der Waals surface area contributed by atoms with Gasteiger partial charge in [0.25, 0.3) is 0 Å². The van der Waals surface area contributed by atoms with Gasteiger partial charge in [-0.1, -0.05) is 133 Å². The highest BCUT2D eigenvalue weighted by Gasteiger charge is 2.20. The summed E-state index contributed by atoms with van der Waals surface area (Å²) in [4.78, 5) is 4.61. The van der Waals surface area contributed by atoms with Crippen molar-refractivity contribution in [2.24, 2.45) is 0 Å². The van der Waals surface area contributed by atoms with E-state index in [4.69, 9.17) is 0 Å². The first kappa shape index (κ1) is 36.7. The summed E-state index contributed by atoms with van der Waals surface area (Å²) in [5.74, 6) is 0. The molecule has 4 heteroatoms. The number of anilines is 6. The van der Waals surface area contributed by atoms with Gasteiger partial charge in [0.15, 0.2) is 0 Å². The zero-order chi connectivity index (χ0) is 41.2. The second-order valence-electron chi connectivity index (χ2n) is 15.5. The van der Waals surface area contributed by atoms with Gasteiger partial charge in [0, 0.05) is 56.3 Å². The Morgan fingerprint density at radius 3 is 0.790 bits per heavy atom. The third kappa shape index (κ3) is 6.80. The largest absolute Gasteiger partial charge is 0.311 e. The van der Waals surface area contributed by atoms with Crippen LogP contribution in [0.25, 0.3) is 55.7 Å². The van der Waals surface area contributed by atoms with E-state index < -0.39 is 0 Å². The van der Waals surface area contributed by atoms with E-state index in [9.17, 15) is 0 Å². The van der Waals surface area contributed by atoms with Crippen LogP contribution in [0.1, 0.15) is 0 Å². The van der Waals surface area contributed by atoms with Gasteiger partial charge in [-0.05, 0) is 132 Å². The first-order valence-electron chi connectivity index (χ1n) is 21.1. The fourth-order valence-electron chi connectivity index (χ4n) is 8.81. The number of para-hydroxylation sites is 6. The fraction of sp³-hybridized carbons (Fsp3) is 0. The van der Waals surface area contributed by atoms with Crippen LogP contribution in [0.4, 0.5) is 34.1 Å². The molecule has 0 saturated heterocycles. The molecule has 0 amide bonds. The average molecular weight is 795 g/mol. The third-order valence-corrected chi connectivity index (χ3v) is 11.7. The molecule has 294 valence electrons. The standard InChI is InChI=1S/C58H42N4/c1-7-19-47(20-8-1)59(48-21-9-2-10-22-48)53-35-31-43(32-36-53)55-39-45-41-58-46(42-57(45)61(55)51-27-15-5-16-28-51)40-56(62(58)52-29-17-6-18-30-52)44-33-37-54(38-34-44)60(49-23-11-3-12-24-49)50-25-13-4-14-26-50/h1-42H. The molecule has 0 saturated carbocycles. The SMILES string of the molecule is c1ccc(N(c2ccccc2)c2ccc(-c3cc4cc5c(cc(-c6ccc(N(c7ccccc7)c7ccccc7)cc6)n5-c5ccccc5)cc4n3-c3ccccc3)cc2)cc1. The van der Waals surface area contributed by atoms with Crippen LogP contribution < -0.4 is 9.80 Å². The number of rotatable bonds is 10. The van der Waals surface area contributed by atoms with Crippen molar-refractivity contribution >= 4 is 55.9 Å². The van der Waals surface area contributed by atoms with Crippen molar-refractivity contribution in [2.45, 2.75) is 0 Å². The highest BCUT2D eigenvalue weighted by Crippen LogP contribution is 2.41. The summed E-state index contributed by atoms with van der Waals surface area (Å²) in [6.45, 7) is 0. The molecule has 11 rings (SSSR count). The first-order valence-corrected chi connectivity index (χ1v) is 21.1. The second kappa shape index (κ2) is 16.0. The van der Waals surface area contributed by atoms with E-state index in [0.717, 1.165) is 79.0 Å². The maximum absolute atomic E-state index is 2.41. The van der Waals surface area contributed by atoms with E-state index in [1.165, 1.54) is 10.8 Å². The number of hydrogen-bond acceptors (Lipinski definition) is 2. The van der Waals surface area contributed by atoms with Gasteiger partial charge in [-0.2, -0.15) is 0 Å². The van der Waals surface area contributed by atoms with E-state index in [2.05, 4.69) is 274 Å². The van der Waals surface area contributed by atoms with Crippen molar-refractivity contribution in [3.63, 3.8) is 0 Å². The second-order valence-corrected chi connectivity index (χ2v) is 15.5. The highest BCUT2D eigenvalue weighted by molar-refractivity contribution is 6.02. The molecule has 62 heavy (non-hydrogen) atoms. The molecule has 2 aromatic heterocycles. The van der Waals surface area contributed by atoms with Crippen LogP contribution in [0.2, 0.25) is 0 Å². The van der Waals surface area contributed by atoms with E-state index in [1.54, 1.807) is 0 Å². The van der Waals surface area contributed by atoms with Gasteiger partial charge in [-0.25, -0.2) is 0 Å². The summed E-state index contributed by atoms with van der Waals surface area (Å²) in [6.07, 6.45) is 0. The van der Waals surface area contributed by atoms with Gasteiger partial charge in [-0.3, -0.25) is 0 Å². The van der Waals surface area contributed by atoms with E-state index in [1.807, 2.05) is 0 Å². The lowest BCUT2D eigenvalue weighted by atomic mass is 10.1. The van der Waals surface area contributed by atoms with Crippen molar-refractivity contribution in [2.75, 3.05) is 9.80 Å². The number of fused-ring (bicyclic) bond motifs is 2. The molecule has 11 aromatic rings. The Balaban J connectivity index is 1.04. The Morgan fingerprint density at radius 1 is 0.242 bits per heavy atom. The molecule has 0 radical (unpaired) electrons. The van der Waals surface area contributed by atoms with Crippen LogP contribution in [0, 0.1) is 0 Å². The summed E-state index contributed by atoms with van der Waals surface area (Å²) in [6, 6.07) is 91.1. The predicted molar refractivity (Wildman–Crippen MR) is 260 cm³/mol. The maximum atomic E-state index is 2.41. The molecule has 2 heterocycles. The van der Waals surface area contributed by atoms with Crippen LogP contribution in [0.5, 0.6) is 0 Å². The van der Waals surface area contributed by atoms with Gasteiger partial charge in [0.2, 0.25) is 0 Å². The molecule has 9 aromatic carbocycles. The monoisotopic (exact) mass is 794 g/mol. The minimum atomic E-state index is 1.10. The zero-order valence-corrected chi connectivity index (χ0v) is 34.0. The van der Waals surface area contributed by atoms with Crippen LogP contribution in [-0.2, 0) is 0 Å². The molecular formula is C58H42N4. The Hall–Kier alpha value is -8.34. The summed E-state index contributed by atoms with van der Waals surface area (Å²) in [7, 11) is 0. The Kier molecular flexibility index (Phi) is 9.49. The van der Waals surface area contributed by atoms with Crippen molar-refractivity contribution in [3.8, 4) is 33.9 Å². The van der Waals surface area contributed by atoms with Crippen molar-refractivity contribution in [1.29, 1.82) is 0 Å². The van der Waals surface area contributed by atoms with Crippen molar-refractivity contribution < 1.29 is 0 Å². The van der Waals surface area contributed by atoms with Gasteiger partial charge in [0.05, 0.1) is 22.4 Å². The lowest BCUT2D eigenvalue weighted by Gasteiger charge is -2.25. The lowest BCUT2D eigenvalue weighted by molar-refractivity contribution is 1.13. The fourth-order valence-corrected chi connectivity index (χ4v) is 8.81. The zero-order valence-electron chi connectivity index (χ0n) is 34.0. The van der Waals surface area contributed by atoms with E-state index in [-0.39, 0.29) is 0 Å². The topological polar surface area (TPSA) is 16.3 Å². The van der Waals surface area contributed by atoms with Crippen LogP contribution in [0.3, 0.4) is 0 Å². The molecule has 0 N–H and O–H groups in total. The molecule has 0 atom stereocenters. The summed E-state index contributed by atoms with van der Waals surface area (Å²) >= 11 is 0. The normalized spacial score (nSPS) is 11.2. The molecule has 0 aliphatic carbocycles. The van der Waals surface area contributed by atoms with Crippen molar-refractivity contribution in [3.05, 3.63) is 255 Å². The van der Waals surface area contributed by atoms with Crippen LogP contribution in [-0.4, -0.2) is 9.13 Å². The minimum Gasteiger partial charge on any atom is -0.311 e. The molecule has 0 fully saturated rings.